The molecule has 102 valence electrons. The molecule has 0 atom stereocenters. The van der Waals surface area contributed by atoms with E-state index in [4.69, 9.17) is 11.8 Å². The molecule has 0 spiro atoms. The van der Waals surface area contributed by atoms with Gasteiger partial charge in [0.15, 0.2) is 0 Å². The molecule has 0 bridgehead atoms. The zero-order chi connectivity index (χ0) is 12.3. The fourth-order valence-electron chi connectivity index (χ4n) is 1.74. The molecular formula is C11H19Cl2N5. The number of halogens is 2. The lowest BCUT2D eigenvalue weighted by Gasteiger charge is -2.28. The molecule has 0 radical (unpaired) electrons. The molecule has 1 fully saturated rings. The molecule has 2 heterocycles. The van der Waals surface area contributed by atoms with Gasteiger partial charge in [0.2, 0.25) is 5.95 Å². The molecule has 1 aliphatic heterocycles. The molecule has 0 amide bonds. The second-order valence-corrected chi connectivity index (χ2v) is 4.72. The average Bonchev–Trinajstić information content (AvgIpc) is 2.39. The van der Waals surface area contributed by atoms with Crippen molar-refractivity contribution >= 4 is 35.9 Å². The van der Waals surface area contributed by atoms with E-state index in [1.54, 1.807) is 10.6 Å². The van der Waals surface area contributed by atoms with E-state index in [0.29, 0.717) is 0 Å². The highest BCUT2D eigenvalue weighted by Gasteiger charge is 2.15. The van der Waals surface area contributed by atoms with E-state index < -0.39 is 0 Å². The van der Waals surface area contributed by atoms with E-state index in [2.05, 4.69) is 20.2 Å². The Morgan fingerprint density at radius 2 is 2.06 bits per heavy atom. The first-order valence-corrected chi connectivity index (χ1v) is 6.26. The van der Waals surface area contributed by atoms with Crippen LogP contribution in [0.5, 0.6) is 0 Å². The Morgan fingerprint density at radius 3 is 2.67 bits per heavy atom. The number of rotatable bonds is 3. The summed E-state index contributed by atoms with van der Waals surface area (Å²) in [4.78, 5) is 11.0. The lowest BCUT2D eigenvalue weighted by Crippen LogP contribution is -2.44. The van der Waals surface area contributed by atoms with E-state index in [0.717, 1.165) is 37.9 Å². The standard InChI is InChI=1S/C11H18ClN5.ClH/c1-9(2)17(12)10-3-4-14-11(15-10)16-7-5-13-6-8-16;/h3-4,9,13H,5-8H2,1-2H3;1H. The summed E-state index contributed by atoms with van der Waals surface area (Å²) in [5, 5.41) is 3.31. The van der Waals surface area contributed by atoms with E-state index >= 15 is 0 Å². The summed E-state index contributed by atoms with van der Waals surface area (Å²) in [6.45, 7) is 7.88. The maximum absolute atomic E-state index is 6.16. The molecule has 1 aliphatic rings. The minimum Gasteiger partial charge on any atom is -0.338 e. The Labute approximate surface area is 119 Å². The Bertz CT molecular complexity index is 368. The number of nitrogens with one attached hydrogen (secondary N) is 1. The largest absolute Gasteiger partial charge is 0.338 e. The van der Waals surface area contributed by atoms with Crippen LogP contribution in [0.2, 0.25) is 0 Å². The molecule has 7 heteroatoms. The fraction of sp³-hybridized carbons (Fsp3) is 0.636. The Morgan fingerprint density at radius 1 is 1.39 bits per heavy atom. The van der Waals surface area contributed by atoms with Crippen LogP contribution in [0.15, 0.2) is 12.3 Å². The predicted molar refractivity (Wildman–Crippen MR) is 77.8 cm³/mol. The van der Waals surface area contributed by atoms with Gasteiger partial charge in [-0.1, -0.05) is 0 Å². The quantitative estimate of drug-likeness (QED) is 0.859. The van der Waals surface area contributed by atoms with Crippen LogP contribution in [0.3, 0.4) is 0 Å². The van der Waals surface area contributed by atoms with Crippen molar-refractivity contribution in [3.05, 3.63) is 12.3 Å². The molecule has 1 saturated heterocycles. The Kier molecular flexibility index (Phi) is 5.91. The maximum Gasteiger partial charge on any atom is 0.227 e. The van der Waals surface area contributed by atoms with E-state index in [1.807, 2.05) is 19.9 Å². The van der Waals surface area contributed by atoms with Crippen molar-refractivity contribution in [3.63, 3.8) is 0 Å². The van der Waals surface area contributed by atoms with Crippen molar-refractivity contribution in [1.29, 1.82) is 0 Å². The van der Waals surface area contributed by atoms with Crippen molar-refractivity contribution in [2.45, 2.75) is 19.9 Å². The molecule has 0 aliphatic carbocycles. The van der Waals surface area contributed by atoms with Crippen molar-refractivity contribution in [2.75, 3.05) is 35.5 Å². The molecule has 5 nitrogen and oxygen atoms in total. The molecule has 0 unspecified atom stereocenters. The van der Waals surface area contributed by atoms with Gasteiger partial charge in [-0.25, -0.2) is 4.98 Å². The zero-order valence-electron chi connectivity index (χ0n) is 10.6. The highest BCUT2D eigenvalue weighted by molar-refractivity contribution is 6.25. The predicted octanol–water partition coefficient (Wildman–Crippen LogP) is 1.68. The van der Waals surface area contributed by atoms with E-state index in [9.17, 15) is 0 Å². The van der Waals surface area contributed by atoms with Crippen LogP contribution in [0.25, 0.3) is 0 Å². The summed E-state index contributed by atoms with van der Waals surface area (Å²) in [5.74, 6) is 1.51. The molecule has 1 N–H and O–H groups in total. The van der Waals surface area contributed by atoms with Crippen LogP contribution in [-0.2, 0) is 0 Å². The van der Waals surface area contributed by atoms with E-state index in [1.165, 1.54) is 0 Å². The molecule has 1 aromatic heterocycles. The highest BCUT2D eigenvalue weighted by atomic mass is 35.5. The summed E-state index contributed by atoms with van der Waals surface area (Å²) in [7, 11) is 0. The third-order valence-corrected chi connectivity index (χ3v) is 3.26. The summed E-state index contributed by atoms with van der Waals surface area (Å²) >= 11 is 6.16. The smallest absolute Gasteiger partial charge is 0.227 e. The normalized spacial score (nSPS) is 15.4. The number of hydrogen-bond donors (Lipinski definition) is 1. The first-order valence-electron chi connectivity index (χ1n) is 5.92. The van der Waals surface area contributed by atoms with Gasteiger partial charge in [0.05, 0.1) is 0 Å². The molecule has 2 rings (SSSR count). The minimum atomic E-state index is 0. The van der Waals surface area contributed by atoms with Crippen LogP contribution in [0, 0.1) is 0 Å². The van der Waals surface area contributed by atoms with Gasteiger partial charge in [-0.3, -0.25) is 4.42 Å². The molecule has 1 aromatic rings. The fourth-order valence-corrected chi connectivity index (χ4v) is 1.83. The van der Waals surface area contributed by atoms with Gasteiger partial charge in [-0.15, -0.1) is 12.4 Å². The van der Waals surface area contributed by atoms with Gasteiger partial charge in [-0.05, 0) is 13.8 Å². The number of piperazine rings is 1. The average molecular weight is 292 g/mol. The van der Waals surface area contributed by atoms with Crippen LogP contribution in [0.1, 0.15) is 13.8 Å². The lowest BCUT2D eigenvalue weighted by atomic mass is 10.4. The topological polar surface area (TPSA) is 44.3 Å². The molecular weight excluding hydrogens is 273 g/mol. The second kappa shape index (κ2) is 6.97. The van der Waals surface area contributed by atoms with Crippen molar-refractivity contribution in [2.24, 2.45) is 0 Å². The van der Waals surface area contributed by atoms with Crippen molar-refractivity contribution < 1.29 is 0 Å². The Hall–Kier alpha value is -0.780. The third-order valence-electron chi connectivity index (χ3n) is 2.70. The summed E-state index contributed by atoms with van der Waals surface area (Å²) in [6, 6.07) is 2.04. The van der Waals surface area contributed by atoms with Crippen LogP contribution in [0.4, 0.5) is 11.8 Å². The van der Waals surface area contributed by atoms with Crippen LogP contribution in [-0.4, -0.2) is 42.2 Å². The van der Waals surface area contributed by atoms with Crippen LogP contribution >= 0.6 is 24.2 Å². The SMILES string of the molecule is CC(C)N(Cl)c1ccnc(N2CCNCC2)n1.Cl. The van der Waals surface area contributed by atoms with Gasteiger partial charge >= 0.3 is 0 Å². The van der Waals surface area contributed by atoms with Gasteiger partial charge in [0, 0.05) is 56.3 Å². The number of aromatic nitrogens is 2. The van der Waals surface area contributed by atoms with Crippen LogP contribution < -0.4 is 14.6 Å². The first kappa shape index (κ1) is 15.3. The Balaban J connectivity index is 0.00000162. The number of hydrogen-bond acceptors (Lipinski definition) is 5. The third kappa shape index (κ3) is 3.60. The molecule has 0 saturated carbocycles. The second-order valence-electron chi connectivity index (χ2n) is 4.36. The van der Waals surface area contributed by atoms with Gasteiger partial charge in [0.25, 0.3) is 0 Å². The monoisotopic (exact) mass is 291 g/mol. The maximum atomic E-state index is 6.16. The summed E-state index contributed by atoms with van der Waals surface area (Å²) < 4.78 is 1.63. The summed E-state index contributed by atoms with van der Waals surface area (Å²) in [5.41, 5.74) is 0. The minimum absolute atomic E-state index is 0. The van der Waals surface area contributed by atoms with Gasteiger partial charge in [0.1, 0.15) is 5.82 Å². The summed E-state index contributed by atoms with van der Waals surface area (Å²) in [6.07, 6.45) is 1.76. The molecule has 0 aromatic carbocycles. The van der Waals surface area contributed by atoms with Gasteiger partial charge in [-0.2, -0.15) is 4.98 Å². The van der Waals surface area contributed by atoms with Gasteiger partial charge < -0.3 is 10.2 Å². The highest BCUT2D eigenvalue weighted by Crippen LogP contribution is 2.19. The zero-order valence-corrected chi connectivity index (χ0v) is 12.2. The number of nitrogens with zero attached hydrogens (tertiary/aromatic N) is 4. The number of anilines is 2. The van der Waals surface area contributed by atoms with E-state index in [-0.39, 0.29) is 18.4 Å². The molecule has 18 heavy (non-hydrogen) atoms. The first-order chi connectivity index (χ1) is 8.18. The van der Waals surface area contributed by atoms with Crippen molar-refractivity contribution in [1.82, 2.24) is 15.3 Å². The van der Waals surface area contributed by atoms with Crippen molar-refractivity contribution in [3.8, 4) is 0 Å². The lowest BCUT2D eigenvalue weighted by molar-refractivity contribution is 0.579.